The number of benzene rings is 2. The molecule has 0 spiro atoms. The van der Waals surface area contributed by atoms with E-state index in [4.69, 9.17) is 11.6 Å². The number of halogens is 6. The first-order valence-electron chi connectivity index (χ1n) is 5.29. The molecule has 20 heavy (non-hydrogen) atoms. The molecule has 1 nitrogen and oxygen atoms in total. The molecule has 1 unspecified atom stereocenters. The quantitative estimate of drug-likeness (QED) is 0.636. The summed E-state index contributed by atoms with van der Waals surface area (Å²) in [4.78, 5) is 0. The lowest BCUT2D eigenvalue weighted by atomic mass is 10.0. The predicted octanol–water partition coefficient (Wildman–Crippen LogP) is 5.36. The van der Waals surface area contributed by atoms with E-state index in [2.05, 4.69) is 31.9 Å². The van der Waals surface area contributed by atoms with Crippen LogP contribution in [-0.4, -0.2) is 5.11 Å². The zero-order valence-corrected chi connectivity index (χ0v) is 13.5. The molecule has 0 aliphatic rings. The van der Waals surface area contributed by atoms with E-state index in [0.29, 0.717) is 4.47 Å². The number of rotatable bonds is 2. The van der Waals surface area contributed by atoms with Gasteiger partial charge in [0.05, 0.1) is 9.50 Å². The molecule has 0 fully saturated rings. The minimum atomic E-state index is -1.48. The van der Waals surface area contributed by atoms with Crippen LogP contribution in [0.5, 0.6) is 0 Å². The fourth-order valence-corrected chi connectivity index (χ4v) is 2.69. The van der Waals surface area contributed by atoms with Crippen LogP contribution in [0, 0.1) is 17.5 Å². The topological polar surface area (TPSA) is 20.2 Å². The van der Waals surface area contributed by atoms with Gasteiger partial charge in [-0.3, -0.25) is 0 Å². The molecule has 0 heterocycles. The van der Waals surface area contributed by atoms with E-state index in [1.807, 2.05) is 0 Å². The maximum atomic E-state index is 14.0. The van der Waals surface area contributed by atoms with Gasteiger partial charge >= 0.3 is 0 Å². The highest BCUT2D eigenvalue weighted by molar-refractivity contribution is 9.10. The Morgan fingerprint density at radius 3 is 2.20 bits per heavy atom. The molecule has 0 saturated heterocycles. The van der Waals surface area contributed by atoms with Gasteiger partial charge in [-0.05, 0) is 44.0 Å². The van der Waals surface area contributed by atoms with Crippen LogP contribution in [0.1, 0.15) is 17.2 Å². The molecule has 0 aliphatic heterocycles. The molecular formula is C13H6Br2ClF3O. The van der Waals surface area contributed by atoms with Gasteiger partial charge in [-0.15, -0.1) is 0 Å². The maximum absolute atomic E-state index is 14.0. The molecule has 106 valence electrons. The lowest BCUT2D eigenvalue weighted by Gasteiger charge is -2.15. The Balaban J connectivity index is 2.55. The van der Waals surface area contributed by atoms with Crippen LogP contribution < -0.4 is 0 Å². The smallest absolute Gasteiger partial charge is 0.173 e. The van der Waals surface area contributed by atoms with Crippen LogP contribution in [0.2, 0.25) is 5.02 Å². The van der Waals surface area contributed by atoms with Gasteiger partial charge < -0.3 is 5.11 Å². The fraction of sp³-hybridized carbons (Fsp3) is 0.0769. The van der Waals surface area contributed by atoms with Gasteiger partial charge in [-0.1, -0.05) is 23.7 Å². The Kier molecular flexibility index (Phi) is 4.79. The van der Waals surface area contributed by atoms with E-state index in [-0.39, 0.29) is 20.6 Å². The second-order valence-electron chi connectivity index (χ2n) is 3.93. The molecular weight excluding hydrogens is 424 g/mol. The highest BCUT2D eigenvalue weighted by Crippen LogP contribution is 2.36. The normalized spacial score (nSPS) is 12.6. The first-order chi connectivity index (χ1) is 9.34. The van der Waals surface area contributed by atoms with E-state index in [1.54, 1.807) is 0 Å². The standard InChI is InChI=1S/C13H6Br2ClF3O/c14-7-3-1-6(11(18)10(7)16)13(20)5-2-4-8(17)12(19)9(5)15/h1-4,13,20H. The number of aliphatic hydroxyl groups excluding tert-OH is 1. The van der Waals surface area contributed by atoms with E-state index in [0.717, 1.165) is 6.07 Å². The minimum absolute atomic E-state index is 0.00110. The van der Waals surface area contributed by atoms with Crippen molar-refractivity contribution in [1.29, 1.82) is 0 Å². The molecule has 1 N–H and O–H groups in total. The average molecular weight is 430 g/mol. The maximum Gasteiger partial charge on any atom is 0.173 e. The summed E-state index contributed by atoms with van der Waals surface area (Å²) in [5.41, 5.74) is -0.133. The van der Waals surface area contributed by atoms with Crippen molar-refractivity contribution >= 4 is 43.5 Å². The molecule has 0 saturated carbocycles. The molecule has 2 aromatic carbocycles. The minimum Gasteiger partial charge on any atom is -0.384 e. The van der Waals surface area contributed by atoms with Crippen molar-refractivity contribution in [2.24, 2.45) is 0 Å². The summed E-state index contributed by atoms with van der Waals surface area (Å²) < 4.78 is 40.6. The van der Waals surface area contributed by atoms with Crippen molar-refractivity contribution in [3.8, 4) is 0 Å². The van der Waals surface area contributed by atoms with Crippen LogP contribution in [0.4, 0.5) is 13.2 Å². The van der Waals surface area contributed by atoms with Crippen molar-refractivity contribution in [3.05, 3.63) is 66.8 Å². The van der Waals surface area contributed by atoms with E-state index in [1.165, 1.54) is 18.2 Å². The molecule has 0 aliphatic carbocycles. The summed E-state index contributed by atoms with van der Waals surface area (Å²) in [6.07, 6.45) is -1.48. The predicted molar refractivity (Wildman–Crippen MR) is 77.2 cm³/mol. The van der Waals surface area contributed by atoms with Gasteiger partial charge in [0.25, 0.3) is 0 Å². The number of aliphatic hydroxyl groups is 1. The first kappa shape index (κ1) is 15.8. The van der Waals surface area contributed by atoms with Crippen molar-refractivity contribution in [1.82, 2.24) is 0 Å². The first-order valence-corrected chi connectivity index (χ1v) is 7.25. The Hall–Kier alpha value is -0.560. The van der Waals surface area contributed by atoms with Crippen molar-refractivity contribution < 1.29 is 18.3 Å². The van der Waals surface area contributed by atoms with E-state index in [9.17, 15) is 18.3 Å². The van der Waals surface area contributed by atoms with Crippen LogP contribution in [-0.2, 0) is 0 Å². The third kappa shape index (κ3) is 2.74. The highest BCUT2D eigenvalue weighted by Gasteiger charge is 2.23. The molecule has 0 radical (unpaired) electrons. The lowest BCUT2D eigenvalue weighted by molar-refractivity contribution is 0.213. The third-order valence-electron chi connectivity index (χ3n) is 2.72. The summed E-state index contributed by atoms with van der Waals surface area (Å²) >= 11 is 11.6. The second-order valence-corrected chi connectivity index (χ2v) is 5.96. The molecule has 2 aromatic rings. The third-order valence-corrected chi connectivity index (χ3v) is 4.78. The van der Waals surface area contributed by atoms with Gasteiger partial charge in [-0.2, -0.15) is 0 Å². The monoisotopic (exact) mass is 428 g/mol. The molecule has 0 bridgehead atoms. The molecule has 7 heteroatoms. The van der Waals surface area contributed by atoms with E-state index < -0.39 is 23.6 Å². The zero-order chi connectivity index (χ0) is 15.0. The van der Waals surface area contributed by atoms with Gasteiger partial charge in [0.1, 0.15) is 11.9 Å². The second kappa shape index (κ2) is 6.05. The van der Waals surface area contributed by atoms with Gasteiger partial charge in [0, 0.05) is 15.6 Å². The van der Waals surface area contributed by atoms with Crippen molar-refractivity contribution in [2.75, 3.05) is 0 Å². The van der Waals surface area contributed by atoms with Crippen LogP contribution in [0.15, 0.2) is 33.2 Å². The van der Waals surface area contributed by atoms with Crippen LogP contribution in [0.25, 0.3) is 0 Å². The highest BCUT2D eigenvalue weighted by atomic mass is 79.9. The summed E-state index contributed by atoms with van der Waals surface area (Å²) in [6.45, 7) is 0. The Morgan fingerprint density at radius 1 is 0.950 bits per heavy atom. The lowest BCUT2D eigenvalue weighted by Crippen LogP contribution is -2.06. The van der Waals surface area contributed by atoms with Crippen molar-refractivity contribution in [3.63, 3.8) is 0 Å². The number of hydrogen-bond acceptors (Lipinski definition) is 1. The van der Waals surface area contributed by atoms with Crippen LogP contribution in [0.3, 0.4) is 0 Å². The van der Waals surface area contributed by atoms with Crippen LogP contribution >= 0.6 is 43.5 Å². The Labute approximate surface area is 134 Å². The van der Waals surface area contributed by atoms with Gasteiger partial charge in [-0.25, -0.2) is 13.2 Å². The summed E-state index contributed by atoms with van der Waals surface area (Å²) in [5, 5.41) is 9.96. The van der Waals surface area contributed by atoms with Gasteiger partial charge in [0.15, 0.2) is 11.6 Å². The largest absolute Gasteiger partial charge is 0.384 e. The SMILES string of the molecule is OC(c1ccc(Br)c(Cl)c1F)c1ccc(F)c(F)c1Br. The molecule has 0 aromatic heterocycles. The molecule has 1 atom stereocenters. The average Bonchev–Trinajstić information content (AvgIpc) is 2.42. The summed E-state index contributed by atoms with van der Waals surface area (Å²) in [5.74, 6) is -3.04. The van der Waals surface area contributed by atoms with Gasteiger partial charge in [0.2, 0.25) is 0 Å². The number of hydrogen-bond donors (Lipinski definition) is 1. The molecule has 2 rings (SSSR count). The fourth-order valence-electron chi connectivity index (χ4n) is 1.67. The van der Waals surface area contributed by atoms with E-state index >= 15 is 0 Å². The zero-order valence-electron chi connectivity index (χ0n) is 9.60. The Morgan fingerprint density at radius 2 is 1.55 bits per heavy atom. The molecule has 0 amide bonds. The van der Waals surface area contributed by atoms with Crippen molar-refractivity contribution in [2.45, 2.75) is 6.10 Å². The summed E-state index contributed by atoms with van der Waals surface area (Å²) in [7, 11) is 0. The Bertz CT molecular complexity index is 622. The summed E-state index contributed by atoms with van der Waals surface area (Å²) in [6, 6.07) is 4.79.